The molecular weight excluding hydrogens is 354 g/mol. The van der Waals surface area contributed by atoms with Crippen LogP contribution >= 0.6 is 0 Å². The molecule has 19 heavy (non-hydrogen) atoms. The first-order chi connectivity index (χ1) is 8.31. The minimum Gasteiger partial charge on any atom is -1.00 e. The van der Waals surface area contributed by atoms with Gasteiger partial charge >= 0.3 is 110 Å². The van der Waals surface area contributed by atoms with Crippen LogP contribution in [-0.2, 0) is 20.3 Å². The third-order valence-electron chi connectivity index (χ3n) is 4.75. The largest absolute Gasteiger partial charge is 1.00 e. The molecule has 1 fully saturated rings. The third kappa shape index (κ3) is 2.90. The van der Waals surface area contributed by atoms with E-state index in [-0.39, 0.29) is 24.8 Å². The van der Waals surface area contributed by atoms with E-state index in [2.05, 4.69) is 38.2 Å². The molecule has 1 heterocycles. The van der Waals surface area contributed by atoms with Crippen LogP contribution in [0.25, 0.3) is 0 Å². The van der Waals surface area contributed by atoms with Gasteiger partial charge in [0.05, 0.1) is 0 Å². The van der Waals surface area contributed by atoms with E-state index in [1.165, 1.54) is 25.7 Å². The molecule has 0 nitrogen and oxygen atoms in total. The van der Waals surface area contributed by atoms with E-state index in [9.17, 15) is 0 Å². The van der Waals surface area contributed by atoms with Gasteiger partial charge in [0, 0.05) is 0 Å². The van der Waals surface area contributed by atoms with Crippen LogP contribution in [0.2, 0.25) is 8.26 Å². The average molecular weight is 376 g/mol. The molecule has 104 valence electrons. The van der Waals surface area contributed by atoms with Crippen LogP contribution in [0.15, 0.2) is 42.0 Å². The van der Waals surface area contributed by atoms with E-state index in [0.29, 0.717) is 0 Å². The van der Waals surface area contributed by atoms with Gasteiger partial charge in [0.2, 0.25) is 0 Å². The van der Waals surface area contributed by atoms with Gasteiger partial charge in [-0.2, -0.15) is 0 Å². The molecule has 0 saturated carbocycles. The summed E-state index contributed by atoms with van der Waals surface area (Å²) in [4.78, 5) is 0. The van der Waals surface area contributed by atoms with Crippen molar-refractivity contribution in [3.8, 4) is 0 Å². The van der Waals surface area contributed by atoms with Crippen molar-refractivity contribution < 1.29 is 45.1 Å². The molecule has 0 atom stereocenters. The smallest absolute Gasteiger partial charge is 1.00 e. The molecule has 0 aromatic heterocycles. The normalized spacial score (nSPS) is 20.9. The number of hydrogen-bond donors (Lipinski definition) is 0. The van der Waals surface area contributed by atoms with Crippen LogP contribution in [-0.4, -0.2) is 0 Å². The Balaban J connectivity index is 0.000000902. The fourth-order valence-corrected chi connectivity index (χ4v) is 17.7. The molecule has 0 unspecified atom stereocenters. The molecule has 0 aromatic rings. The van der Waals surface area contributed by atoms with E-state index in [4.69, 9.17) is 0 Å². The first-order valence-corrected chi connectivity index (χ1v) is 13.0. The standard InChI is InChI=1S/C9H13.C5H5.C2H4.2ClH.Zr/c1-3-8-6-5-7-9(8)4-2;1-2-4-5-3-1;1-2;;;/h6H,3-5H2,1-2H3;1-3H,4H2;1-2H2;2*1H;/q;;;;;+2/p-2. The van der Waals surface area contributed by atoms with Crippen LogP contribution in [0.5, 0.6) is 0 Å². The fourth-order valence-electron chi connectivity index (χ4n) is 3.69. The van der Waals surface area contributed by atoms with Crippen molar-refractivity contribution in [2.24, 2.45) is 0 Å². The van der Waals surface area contributed by atoms with Crippen LogP contribution in [0, 0.1) is 0 Å². The van der Waals surface area contributed by atoms with Crippen molar-refractivity contribution in [3.63, 3.8) is 0 Å². The number of allylic oxidation sites excluding steroid dienone is 8. The second-order valence-corrected chi connectivity index (χ2v) is 16.3. The molecular formula is C16H22Cl2Zr. The van der Waals surface area contributed by atoms with Gasteiger partial charge in [0.25, 0.3) is 0 Å². The molecule has 3 aliphatic rings. The quantitative estimate of drug-likeness (QED) is 0.606. The Kier molecular flexibility index (Phi) is 6.37. The van der Waals surface area contributed by atoms with Crippen molar-refractivity contribution >= 4 is 0 Å². The van der Waals surface area contributed by atoms with Crippen LogP contribution < -0.4 is 24.8 Å². The van der Waals surface area contributed by atoms with Crippen LogP contribution in [0.1, 0.15) is 39.5 Å². The predicted molar refractivity (Wildman–Crippen MR) is 71.8 cm³/mol. The zero-order chi connectivity index (χ0) is 11.9. The van der Waals surface area contributed by atoms with Crippen molar-refractivity contribution in [1.29, 1.82) is 0 Å². The van der Waals surface area contributed by atoms with Gasteiger partial charge in [-0.15, -0.1) is 0 Å². The van der Waals surface area contributed by atoms with Crippen LogP contribution in [0.4, 0.5) is 0 Å². The van der Waals surface area contributed by atoms with Gasteiger partial charge in [0.15, 0.2) is 0 Å². The van der Waals surface area contributed by atoms with E-state index >= 15 is 0 Å². The summed E-state index contributed by atoms with van der Waals surface area (Å²) in [5, 5.41) is 0. The molecule has 3 heteroatoms. The summed E-state index contributed by atoms with van der Waals surface area (Å²) in [6, 6.07) is 0. The van der Waals surface area contributed by atoms with Gasteiger partial charge in [-0.05, 0) is 0 Å². The molecule has 0 N–H and O–H groups in total. The van der Waals surface area contributed by atoms with Gasteiger partial charge in [-0.3, -0.25) is 0 Å². The minimum absolute atomic E-state index is 0. The van der Waals surface area contributed by atoms with Gasteiger partial charge in [0.1, 0.15) is 0 Å². The maximum Gasteiger partial charge on any atom is -1.00 e. The summed E-state index contributed by atoms with van der Waals surface area (Å²) in [5.74, 6) is 0. The Morgan fingerprint density at radius 2 is 1.79 bits per heavy atom. The van der Waals surface area contributed by atoms with Crippen molar-refractivity contribution in [2.45, 2.75) is 47.8 Å². The molecule has 0 spiro atoms. The summed E-state index contributed by atoms with van der Waals surface area (Å²) in [6.45, 7) is 4.67. The topological polar surface area (TPSA) is 0 Å². The number of halogens is 2. The van der Waals surface area contributed by atoms with Gasteiger partial charge in [-0.1, -0.05) is 0 Å². The Hall–Kier alpha value is 0.423. The second-order valence-electron chi connectivity index (χ2n) is 5.50. The molecule has 3 rings (SSSR count). The number of rotatable bonds is 4. The fraction of sp³-hybridized carbons (Fsp3) is 0.500. The third-order valence-corrected chi connectivity index (χ3v) is 16.5. The maximum atomic E-state index is 2.54. The minimum atomic E-state index is -1.92. The van der Waals surface area contributed by atoms with Gasteiger partial charge in [-0.25, -0.2) is 0 Å². The molecule has 0 bridgehead atoms. The van der Waals surface area contributed by atoms with Crippen molar-refractivity contribution in [3.05, 3.63) is 42.0 Å². The Labute approximate surface area is 134 Å². The van der Waals surface area contributed by atoms with E-state index in [1.54, 1.807) is 19.4 Å². The van der Waals surface area contributed by atoms with Crippen LogP contribution in [0.3, 0.4) is 0 Å². The molecule has 2 aliphatic carbocycles. The monoisotopic (exact) mass is 374 g/mol. The second kappa shape index (κ2) is 6.92. The summed E-state index contributed by atoms with van der Waals surface area (Å²) < 4.78 is 7.08. The zero-order valence-electron chi connectivity index (χ0n) is 11.8. The van der Waals surface area contributed by atoms with Crippen molar-refractivity contribution in [1.82, 2.24) is 0 Å². The molecule has 0 radical (unpaired) electrons. The number of hydrogen-bond acceptors (Lipinski definition) is 0. The summed E-state index contributed by atoms with van der Waals surface area (Å²) in [6.07, 6.45) is 14.8. The summed E-state index contributed by atoms with van der Waals surface area (Å²) in [5.41, 5.74) is 3.46. The van der Waals surface area contributed by atoms with Gasteiger partial charge < -0.3 is 24.8 Å². The average Bonchev–Trinajstić information content (AvgIpc) is 2.85. The SMILES string of the molecule is CCC1=CC[C]([Zr+2]2([C]3=CC=CC3)[CH2][CH2]2)=C1CC.[Cl-].[Cl-]. The Morgan fingerprint density at radius 3 is 2.26 bits per heavy atom. The molecule has 1 aliphatic heterocycles. The first-order valence-electron chi connectivity index (χ1n) is 7.10. The Morgan fingerprint density at radius 1 is 1.05 bits per heavy atom. The maximum absolute atomic E-state index is 2.54. The Bertz CT molecular complexity index is 465. The van der Waals surface area contributed by atoms with E-state index in [1.807, 2.05) is 6.56 Å². The summed E-state index contributed by atoms with van der Waals surface area (Å²) >= 11 is -1.92. The van der Waals surface area contributed by atoms with Crippen molar-refractivity contribution in [2.75, 3.05) is 0 Å². The zero-order valence-corrected chi connectivity index (χ0v) is 15.8. The first kappa shape index (κ1) is 17.5. The molecule has 0 amide bonds. The van der Waals surface area contributed by atoms with E-state index < -0.39 is 20.3 Å². The summed E-state index contributed by atoms with van der Waals surface area (Å²) in [7, 11) is 0. The molecule has 1 saturated heterocycles. The van der Waals surface area contributed by atoms with E-state index in [0.717, 1.165) is 0 Å². The molecule has 0 aromatic carbocycles. The predicted octanol–water partition coefficient (Wildman–Crippen LogP) is -0.753.